The predicted octanol–water partition coefficient (Wildman–Crippen LogP) is 2.31. The highest BCUT2D eigenvalue weighted by Crippen LogP contribution is 2.28. The lowest BCUT2D eigenvalue weighted by Crippen LogP contribution is -2.37. The molecule has 21 heavy (non-hydrogen) atoms. The van der Waals surface area contributed by atoms with Crippen molar-refractivity contribution in [3.8, 4) is 0 Å². The molecule has 0 aliphatic carbocycles. The van der Waals surface area contributed by atoms with Crippen LogP contribution in [0.4, 0.5) is 9.18 Å². The molecule has 1 unspecified atom stereocenters. The summed E-state index contributed by atoms with van der Waals surface area (Å²) >= 11 is 0. The third kappa shape index (κ3) is 4.86. The molecule has 1 aromatic carbocycles. The first-order valence-corrected chi connectivity index (χ1v) is 8.82. The van der Waals surface area contributed by atoms with Crippen LogP contribution in [0.2, 0.25) is 0 Å². The zero-order valence-corrected chi connectivity index (χ0v) is 12.7. The van der Waals surface area contributed by atoms with Crippen molar-refractivity contribution in [3.05, 3.63) is 35.9 Å². The molecule has 0 N–H and O–H groups in total. The van der Waals surface area contributed by atoms with Gasteiger partial charge in [-0.2, -0.15) is 0 Å². The van der Waals surface area contributed by atoms with Crippen molar-refractivity contribution in [1.82, 2.24) is 4.90 Å². The number of rotatable bonds is 4. The quantitative estimate of drug-likeness (QED) is 0.792. The number of carbonyl (C=O) groups excluding carboxylic acids is 1. The van der Waals surface area contributed by atoms with E-state index < -0.39 is 26.6 Å². The van der Waals surface area contributed by atoms with Gasteiger partial charge >= 0.3 is 6.09 Å². The number of benzene rings is 1. The third-order valence-electron chi connectivity index (χ3n) is 3.20. The van der Waals surface area contributed by atoms with Gasteiger partial charge in [-0.05, 0) is 5.56 Å². The van der Waals surface area contributed by atoms with Gasteiger partial charge in [-0.25, -0.2) is 17.6 Å². The molecule has 8 heteroatoms. The molecule has 1 fully saturated rings. The summed E-state index contributed by atoms with van der Waals surface area (Å²) in [6, 6.07) is 9.08. The van der Waals surface area contributed by atoms with Crippen LogP contribution in [-0.4, -0.2) is 43.9 Å². The van der Waals surface area contributed by atoms with E-state index in [1.807, 2.05) is 18.2 Å². The molecule has 0 bridgehead atoms. The average Bonchev–Trinajstić information content (AvgIpc) is 2.77. The average molecular weight is 336 g/mol. The van der Waals surface area contributed by atoms with E-state index >= 15 is 0 Å². The molecule has 0 aromatic heterocycles. The van der Waals surface area contributed by atoms with Crippen molar-refractivity contribution in [2.75, 3.05) is 18.8 Å². The fourth-order valence-corrected chi connectivity index (χ4v) is 3.67. The van der Waals surface area contributed by atoms with Crippen LogP contribution in [0, 0.1) is 0 Å². The Labute approximate surface area is 127 Å². The smallest absolute Gasteiger partial charge is 0.410 e. The van der Waals surface area contributed by atoms with E-state index in [1.54, 1.807) is 12.1 Å². The number of halogens is 2. The number of hydrogen-bond donors (Lipinski definition) is 0. The van der Waals surface area contributed by atoms with Gasteiger partial charge in [0, 0.05) is 23.6 Å². The van der Waals surface area contributed by atoms with E-state index in [-0.39, 0.29) is 26.1 Å². The topological polar surface area (TPSA) is 63.7 Å². The first-order valence-electron chi connectivity index (χ1n) is 6.34. The highest BCUT2D eigenvalue weighted by Gasteiger charge is 2.43. The second-order valence-corrected chi connectivity index (χ2v) is 7.82. The number of alkyl halides is 1. The van der Waals surface area contributed by atoms with Gasteiger partial charge in [-0.15, -0.1) is 0 Å². The summed E-state index contributed by atoms with van der Waals surface area (Å²) in [5.41, 5.74) is -1.19. The monoisotopic (exact) mass is 335 g/mol. The maximum atomic E-state index is 14.3. The number of carbonyl (C=O) groups is 1. The van der Waals surface area contributed by atoms with E-state index in [1.165, 1.54) is 0 Å². The molecule has 2 rings (SSSR count). The number of hydrogen-bond acceptors (Lipinski definition) is 4. The zero-order chi connectivity index (χ0) is 15.5. The van der Waals surface area contributed by atoms with Crippen molar-refractivity contribution in [1.29, 1.82) is 0 Å². The Kier molecular flexibility index (Phi) is 4.73. The molecular weight excluding hydrogens is 321 g/mol. The van der Waals surface area contributed by atoms with Crippen LogP contribution in [0.5, 0.6) is 0 Å². The minimum Gasteiger partial charge on any atom is -0.445 e. The highest BCUT2D eigenvalue weighted by atomic mass is 35.7. The van der Waals surface area contributed by atoms with Crippen LogP contribution in [0.25, 0.3) is 0 Å². The van der Waals surface area contributed by atoms with Crippen LogP contribution in [0.1, 0.15) is 12.0 Å². The van der Waals surface area contributed by atoms with Crippen LogP contribution in [0.3, 0.4) is 0 Å². The largest absolute Gasteiger partial charge is 0.445 e. The highest BCUT2D eigenvalue weighted by molar-refractivity contribution is 8.13. The summed E-state index contributed by atoms with van der Waals surface area (Å²) in [5.74, 6) is -0.802. The normalized spacial score (nSPS) is 22.3. The van der Waals surface area contributed by atoms with Gasteiger partial charge in [-0.1, -0.05) is 30.3 Å². The second-order valence-electron chi connectivity index (χ2n) is 5.05. The Morgan fingerprint density at radius 1 is 1.38 bits per heavy atom. The van der Waals surface area contributed by atoms with Gasteiger partial charge in [0.05, 0.1) is 6.54 Å². The Balaban J connectivity index is 1.87. The van der Waals surface area contributed by atoms with Crippen LogP contribution >= 0.6 is 10.7 Å². The SMILES string of the molecule is O=C(OCc1ccccc1)N1CCC(F)(CS(=O)(=O)Cl)C1. The maximum absolute atomic E-state index is 14.3. The van der Waals surface area contributed by atoms with E-state index in [9.17, 15) is 17.6 Å². The lowest BCUT2D eigenvalue weighted by atomic mass is 10.1. The van der Waals surface area contributed by atoms with Crippen molar-refractivity contribution in [2.45, 2.75) is 18.7 Å². The first-order chi connectivity index (χ1) is 9.77. The molecule has 1 aromatic rings. The minimum absolute atomic E-state index is 0.0701. The lowest BCUT2D eigenvalue weighted by Gasteiger charge is -2.19. The summed E-state index contributed by atoms with van der Waals surface area (Å²) in [4.78, 5) is 13.0. The van der Waals surface area contributed by atoms with Crippen molar-refractivity contribution in [3.63, 3.8) is 0 Å². The van der Waals surface area contributed by atoms with Gasteiger partial charge in [0.25, 0.3) is 0 Å². The molecule has 1 aliphatic rings. The Morgan fingerprint density at radius 2 is 2.05 bits per heavy atom. The first kappa shape index (κ1) is 16.0. The Bertz CT molecular complexity index is 610. The van der Waals surface area contributed by atoms with Gasteiger partial charge in [0.15, 0.2) is 0 Å². The predicted molar refractivity (Wildman–Crippen MR) is 76.3 cm³/mol. The van der Waals surface area contributed by atoms with Gasteiger partial charge in [0.1, 0.15) is 18.0 Å². The molecule has 0 saturated carbocycles. The number of amides is 1. The molecule has 1 heterocycles. The fourth-order valence-electron chi connectivity index (χ4n) is 2.23. The van der Waals surface area contributed by atoms with Crippen molar-refractivity contribution >= 4 is 25.8 Å². The van der Waals surface area contributed by atoms with Gasteiger partial charge < -0.3 is 9.64 Å². The Hall–Kier alpha value is -1.34. The van der Waals surface area contributed by atoms with Gasteiger partial charge in [-0.3, -0.25) is 0 Å². The summed E-state index contributed by atoms with van der Waals surface area (Å²) in [7, 11) is 1.12. The van der Waals surface area contributed by atoms with E-state index in [0.29, 0.717) is 0 Å². The summed E-state index contributed by atoms with van der Waals surface area (Å²) in [6.45, 7) is -0.133. The molecule has 1 aliphatic heterocycles. The summed E-state index contributed by atoms with van der Waals surface area (Å²) in [6.07, 6.45) is -0.732. The van der Waals surface area contributed by atoms with Crippen LogP contribution < -0.4 is 0 Å². The third-order valence-corrected chi connectivity index (χ3v) is 4.39. The van der Waals surface area contributed by atoms with E-state index in [4.69, 9.17) is 15.4 Å². The minimum atomic E-state index is -3.95. The molecule has 5 nitrogen and oxygen atoms in total. The fraction of sp³-hybridized carbons (Fsp3) is 0.462. The standard InChI is InChI=1S/C13H15ClFNO4S/c14-21(18,19)10-13(15)6-7-16(9-13)12(17)20-8-11-4-2-1-3-5-11/h1-5H,6-10H2. The van der Waals surface area contributed by atoms with E-state index in [2.05, 4.69) is 0 Å². The number of likely N-dealkylation sites (tertiary alicyclic amines) is 1. The molecule has 1 atom stereocenters. The molecule has 1 saturated heterocycles. The van der Waals surface area contributed by atoms with Crippen molar-refractivity contribution < 1.29 is 22.3 Å². The molecule has 0 radical (unpaired) electrons. The zero-order valence-electron chi connectivity index (χ0n) is 11.2. The summed E-state index contributed by atoms with van der Waals surface area (Å²) in [5, 5.41) is 0. The number of nitrogens with zero attached hydrogens (tertiary/aromatic N) is 1. The molecule has 0 spiro atoms. The van der Waals surface area contributed by atoms with Gasteiger partial charge in [0.2, 0.25) is 9.05 Å². The second kappa shape index (κ2) is 6.19. The van der Waals surface area contributed by atoms with E-state index in [0.717, 1.165) is 10.5 Å². The van der Waals surface area contributed by atoms with Crippen molar-refractivity contribution in [2.24, 2.45) is 0 Å². The molecule has 116 valence electrons. The molecule has 1 amide bonds. The Morgan fingerprint density at radius 3 is 2.67 bits per heavy atom. The number of ether oxygens (including phenoxy) is 1. The maximum Gasteiger partial charge on any atom is 0.410 e. The lowest BCUT2D eigenvalue weighted by molar-refractivity contribution is 0.0967. The van der Waals surface area contributed by atoms with Crippen LogP contribution in [0.15, 0.2) is 30.3 Å². The van der Waals surface area contributed by atoms with Crippen LogP contribution in [-0.2, 0) is 20.4 Å². The molecular formula is C13H15ClFNO4S. The summed E-state index contributed by atoms with van der Waals surface area (Å²) < 4.78 is 41.3.